The van der Waals surface area contributed by atoms with Crippen LogP contribution in [-0.2, 0) is 14.3 Å². The van der Waals surface area contributed by atoms with Crippen LogP contribution in [0.5, 0.6) is 0 Å². The Morgan fingerprint density at radius 2 is 0.912 bits per heavy atom. The third kappa shape index (κ3) is 43.5. The molecule has 0 aliphatic rings. The van der Waals surface area contributed by atoms with E-state index in [1.165, 1.54) is 154 Å². The van der Waals surface area contributed by atoms with Crippen molar-refractivity contribution in [2.75, 3.05) is 13.2 Å². The summed E-state index contributed by atoms with van der Waals surface area (Å²) in [5.41, 5.74) is 0. The summed E-state index contributed by atoms with van der Waals surface area (Å²) >= 11 is 0. The number of aliphatic hydroxyl groups excluding tert-OH is 2. The van der Waals surface area contributed by atoms with Crippen LogP contribution >= 0.6 is 0 Å². The van der Waals surface area contributed by atoms with Crippen LogP contribution in [0.3, 0.4) is 0 Å². The molecule has 0 fully saturated rings. The average molecular weight is 802 g/mol. The van der Waals surface area contributed by atoms with Gasteiger partial charge in [0.15, 0.2) is 0 Å². The van der Waals surface area contributed by atoms with Gasteiger partial charge in [-0.05, 0) is 57.8 Å². The van der Waals surface area contributed by atoms with Gasteiger partial charge in [0.1, 0.15) is 0 Å². The fraction of sp³-hybridized carbons (Fsp3) is 0.843. The van der Waals surface area contributed by atoms with E-state index in [0.717, 1.165) is 70.6 Å². The minimum absolute atomic E-state index is 0.0229. The summed E-state index contributed by atoms with van der Waals surface area (Å²) in [5.74, 6) is -0.105. The lowest BCUT2D eigenvalue weighted by Crippen LogP contribution is -2.45. The molecule has 0 heterocycles. The van der Waals surface area contributed by atoms with Crippen molar-refractivity contribution in [3.8, 4) is 0 Å². The number of rotatable bonds is 45. The van der Waals surface area contributed by atoms with Crippen molar-refractivity contribution in [2.45, 2.75) is 264 Å². The number of esters is 1. The second-order valence-corrected chi connectivity index (χ2v) is 16.8. The molecule has 0 aliphatic carbocycles. The molecule has 1 amide bonds. The molecule has 0 aromatic rings. The van der Waals surface area contributed by atoms with Crippen LogP contribution in [0, 0.1) is 0 Å². The van der Waals surface area contributed by atoms with Gasteiger partial charge in [0, 0.05) is 12.8 Å². The van der Waals surface area contributed by atoms with Crippen LogP contribution in [0.2, 0.25) is 0 Å². The third-order valence-corrected chi connectivity index (χ3v) is 11.1. The fourth-order valence-corrected chi connectivity index (χ4v) is 7.32. The summed E-state index contributed by atoms with van der Waals surface area (Å²) in [4.78, 5) is 24.4. The van der Waals surface area contributed by atoms with E-state index >= 15 is 0 Å². The van der Waals surface area contributed by atoms with E-state index in [1.807, 2.05) is 6.08 Å². The molecule has 0 saturated carbocycles. The van der Waals surface area contributed by atoms with Crippen LogP contribution in [0.15, 0.2) is 36.5 Å². The molecule has 2 atom stereocenters. The monoisotopic (exact) mass is 802 g/mol. The van der Waals surface area contributed by atoms with Crippen molar-refractivity contribution < 1.29 is 24.5 Å². The Morgan fingerprint density at radius 1 is 0.491 bits per heavy atom. The first-order chi connectivity index (χ1) is 28.0. The van der Waals surface area contributed by atoms with Gasteiger partial charge in [-0.15, -0.1) is 0 Å². The molecule has 0 radical (unpaired) electrons. The van der Waals surface area contributed by atoms with Crippen molar-refractivity contribution in [1.29, 1.82) is 0 Å². The first-order valence-corrected chi connectivity index (χ1v) is 24.8. The number of allylic oxidation sites excluding steroid dienone is 5. The van der Waals surface area contributed by atoms with Crippen LogP contribution < -0.4 is 5.32 Å². The molecule has 6 nitrogen and oxygen atoms in total. The standard InChI is InChI=1S/C51H95NO5/c1-3-5-7-9-11-13-15-17-20-23-27-31-35-39-43-49(54)48(47-53)52-50(55)44-40-36-32-28-24-21-18-22-26-30-34-38-42-46-57-51(56)45-41-37-33-29-25-19-16-14-12-10-8-6-4-2/h8,10,14,16,39,43,48-49,53-54H,3-7,9,11-13,15,17-38,40-42,44-47H2,1-2H3,(H,52,55)/b10-8-,16-14-,43-39+. The van der Waals surface area contributed by atoms with Gasteiger partial charge < -0.3 is 20.3 Å². The van der Waals surface area contributed by atoms with Gasteiger partial charge in [-0.1, -0.05) is 217 Å². The number of unbranched alkanes of at least 4 members (excludes halogenated alkanes) is 30. The Hall–Kier alpha value is -1.92. The second-order valence-electron chi connectivity index (χ2n) is 16.8. The van der Waals surface area contributed by atoms with Gasteiger partial charge in [-0.2, -0.15) is 0 Å². The first-order valence-electron chi connectivity index (χ1n) is 24.8. The lowest BCUT2D eigenvalue weighted by molar-refractivity contribution is -0.143. The predicted octanol–water partition coefficient (Wildman–Crippen LogP) is 14.5. The molecule has 0 aromatic carbocycles. The lowest BCUT2D eigenvalue weighted by atomic mass is 10.0. The van der Waals surface area contributed by atoms with E-state index in [1.54, 1.807) is 6.08 Å². The van der Waals surface area contributed by atoms with Crippen molar-refractivity contribution in [3.63, 3.8) is 0 Å². The SMILES string of the molecule is CCC/C=C\C/C=C\CCCCCCCC(=O)OCCCCCCCCCCCCCCCC(=O)NC(CO)C(O)/C=C/CCCCCCCCCCCCCC. The largest absolute Gasteiger partial charge is 0.466 e. The molecule has 0 spiro atoms. The number of nitrogens with one attached hydrogen (secondary N) is 1. The Kier molecular flexibility index (Phi) is 45.2. The summed E-state index contributed by atoms with van der Waals surface area (Å²) in [6.45, 7) is 4.79. The highest BCUT2D eigenvalue weighted by Crippen LogP contribution is 2.15. The lowest BCUT2D eigenvalue weighted by Gasteiger charge is -2.20. The number of carbonyl (C=O) groups excluding carboxylic acids is 2. The minimum Gasteiger partial charge on any atom is -0.466 e. The summed E-state index contributed by atoms with van der Waals surface area (Å²) in [5, 5.41) is 23.0. The average Bonchev–Trinajstić information content (AvgIpc) is 3.21. The quantitative estimate of drug-likeness (QED) is 0.0324. The molecule has 334 valence electrons. The van der Waals surface area contributed by atoms with Crippen molar-refractivity contribution in [1.82, 2.24) is 5.32 Å². The Labute approximate surface area is 353 Å². The van der Waals surface area contributed by atoms with E-state index in [4.69, 9.17) is 4.74 Å². The van der Waals surface area contributed by atoms with Gasteiger partial charge in [0.25, 0.3) is 0 Å². The number of ether oxygens (including phenoxy) is 1. The first kappa shape index (κ1) is 55.1. The number of amides is 1. The Balaban J connectivity index is 3.50. The highest BCUT2D eigenvalue weighted by molar-refractivity contribution is 5.76. The highest BCUT2D eigenvalue weighted by Gasteiger charge is 2.18. The predicted molar refractivity (Wildman–Crippen MR) is 246 cm³/mol. The van der Waals surface area contributed by atoms with Crippen molar-refractivity contribution in [3.05, 3.63) is 36.5 Å². The maximum atomic E-state index is 12.4. The highest BCUT2D eigenvalue weighted by atomic mass is 16.5. The smallest absolute Gasteiger partial charge is 0.305 e. The maximum absolute atomic E-state index is 12.4. The number of aliphatic hydroxyl groups is 2. The minimum atomic E-state index is -0.853. The molecular weight excluding hydrogens is 707 g/mol. The number of hydrogen-bond acceptors (Lipinski definition) is 5. The van der Waals surface area contributed by atoms with Crippen LogP contribution in [0.4, 0.5) is 0 Å². The van der Waals surface area contributed by atoms with E-state index in [-0.39, 0.29) is 18.5 Å². The van der Waals surface area contributed by atoms with E-state index < -0.39 is 12.1 Å². The summed E-state index contributed by atoms with van der Waals surface area (Å²) in [7, 11) is 0. The summed E-state index contributed by atoms with van der Waals surface area (Å²) in [6, 6.07) is -0.637. The van der Waals surface area contributed by atoms with Gasteiger partial charge in [-0.3, -0.25) is 9.59 Å². The molecule has 0 aromatic heterocycles. The molecule has 57 heavy (non-hydrogen) atoms. The summed E-state index contributed by atoms with van der Waals surface area (Å²) in [6.07, 6.45) is 55.6. The maximum Gasteiger partial charge on any atom is 0.305 e. The zero-order valence-electron chi connectivity index (χ0n) is 37.8. The van der Waals surface area contributed by atoms with Crippen LogP contribution in [0.1, 0.15) is 251 Å². The van der Waals surface area contributed by atoms with Crippen LogP contribution in [0.25, 0.3) is 0 Å². The topological polar surface area (TPSA) is 95.9 Å². The molecule has 0 saturated heterocycles. The van der Waals surface area contributed by atoms with Gasteiger partial charge in [0.05, 0.1) is 25.4 Å². The molecule has 3 N–H and O–H groups in total. The van der Waals surface area contributed by atoms with E-state index in [9.17, 15) is 19.8 Å². The zero-order chi connectivity index (χ0) is 41.5. The van der Waals surface area contributed by atoms with Gasteiger partial charge in [0.2, 0.25) is 5.91 Å². The summed E-state index contributed by atoms with van der Waals surface area (Å²) < 4.78 is 5.44. The van der Waals surface area contributed by atoms with E-state index in [2.05, 4.69) is 43.5 Å². The molecule has 0 aliphatic heterocycles. The van der Waals surface area contributed by atoms with Crippen molar-refractivity contribution >= 4 is 11.9 Å². The van der Waals surface area contributed by atoms with Gasteiger partial charge in [-0.25, -0.2) is 0 Å². The van der Waals surface area contributed by atoms with Crippen LogP contribution in [-0.4, -0.2) is 47.4 Å². The zero-order valence-corrected chi connectivity index (χ0v) is 37.8. The molecule has 2 unspecified atom stereocenters. The third-order valence-electron chi connectivity index (χ3n) is 11.1. The Morgan fingerprint density at radius 3 is 1.40 bits per heavy atom. The van der Waals surface area contributed by atoms with E-state index in [0.29, 0.717) is 19.4 Å². The molecular formula is C51H95NO5. The Bertz CT molecular complexity index is 931. The van der Waals surface area contributed by atoms with Gasteiger partial charge >= 0.3 is 5.97 Å². The van der Waals surface area contributed by atoms with Crippen molar-refractivity contribution in [2.24, 2.45) is 0 Å². The fourth-order valence-electron chi connectivity index (χ4n) is 7.32. The second kappa shape index (κ2) is 46.8. The number of hydrogen-bond donors (Lipinski definition) is 3. The molecule has 0 rings (SSSR count). The molecule has 6 heteroatoms. The normalized spacial score (nSPS) is 13.0. The number of carbonyl (C=O) groups is 2. The molecule has 0 bridgehead atoms.